The van der Waals surface area contributed by atoms with E-state index in [9.17, 15) is 18.0 Å². The first-order valence-corrected chi connectivity index (χ1v) is 17.1. The largest absolute Gasteiger partial charge is 0.497 e. The monoisotopic (exact) mass is 659 g/mol. The normalized spacial score (nSPS) is 14.0. The molecule has 0 saturated carbocycles. The molecule has 10 heteroatoms. The predicted molar refractivity (Wildman–Crippen MR) is 179 cm³/mol. The molecule has 8 nitrogen and oxygen atoms in total. The van der Waals surface area contributed by atoms with Crippen LogP contribution in [-0.2, 0) is 39.1 Å². The number of carbonyl (C=O) groups excluding carboxylic acids is 2. The lowest BCUT2D eigenvalue weighted by Crippen LogP contribution is -2.43. The van der Waals surface area contributed by atoms with E-state index in [2.05, 4.69) is 5.32 Å². The quantitative estimate of drug-likeness (QED) is 0.186. The van der Waals surface area contributed by atoms with Gasteiger partial charge in [-0.25, -0.2) is 8.42 Å². The molecule has 0 aliphatic carbocycles. The third-order valence-electron chi connectivity index (χ3n) is 8.14. The highest BCUT2D eigenvalue weighted by Gasteiger charge is 2.32. The number of nitrogens with zero attached hydrogens (tertiary/aromatic N) is 2. The number of carbonyl (C=O) groups is 2. The Balaban J connectivity index is 1.37. The number of aryl methyl sites for hydroxylation is 1. The van der Waals surface area contributed by atoms with Crippen molar-refractivity contribution in [3.8, 4) is 5.75 Å². The second kappa shape index (κ2) is 15.4. The fourth-order valence-electron chi connectivity index (χ4n) is 5.55. The number of ether oxygens (including phenoxy) is 1. The maximum atomic E-state index is 14.1. The number of benzene rings is 4. The highest BCUT2D eigenvalue weighted by molar-refractivity contribution is 7.89. The van der Waals surface area contributed by atoms with E-state index in [1.165, 1.54) is 4.31 Å². The molecular formula is C36H38ClN3O5S. The smallest absolute Gasteiger partial charge is 0.247 e. The van der Waals surface area contributed by atoms with Gasteiger partial charge in [0, 0.05) is 37.6 Å². The number of halogens is 1. The zero-order valence-corrected chi connectivity index (χ0v) is 27.3. The van der Waals surface area contributed by atoms with Crippen molar-refractivity contribution in [2.75, 3.05) is 20.2 Å². The molecule has 1 atom stereocenters. The summed E-state index contributed by atoms with van der Waals surface area (Å²) in [5.74, 6) is 0.206. The van der Waals surface area contributed by atoms with Crippen LogP contribution in [0.2, 0.25) is 5.02 Å². The van der Waals surface area contributed by atoms with Gasteiger partial charge in [0.05, 0.1) is 12.0 Å². The van der Waals surface area contributed by atoms with Crippen LogP contribution in [0.15, 0.2) is 108 Å². The van der Waals surface area contributed by atoms with Gasteiger partial charge >= 0.3 is 0 Å². The molecule has 5 rings (SSSR count). The molecule has 1 unspecified atom stereocenters. The van der Waals surface area contributed by atoms with E-state index in [0.29, 0.717) is 30.1 Å². The molecule has 0 aromatic heterocycles. The first-order chi connectivity index (χ1) is 22.2. The Morgan fingerprint density at radius 1 is 0.848 bits per heavy atom. The Labute approximate surface area is 276 Å². The van der Waals surface area contributed by atoms with Crippen molar-refractivity contribution in [1.82, 2.24) is 14.5 Å². The van der Waals surface area contributed by atoms with Crippen LogP contribution >= 0.6 is 11.6 Å². The average molecular weight is 660 g/mol. The van der Waals surface area contributed by atoms with Crippen LogP contribution in [0.4, 0.5) is 0 Å². The summed E-state index contributed by atoms with van der Waals surface area (Å²) in [5.41, 5.74) is 3.25. The van der Waals surface area contributed by atoms with Crippen LogP contribution in [0.3, 0.4) is 0 Å². The van der Waals surface area contributed by atoms with Gasteiger partial charge in [0.25, 0.3) is 0 Å². The van der Waals surface area contributed by atoms with Crippen LogP contribution in [-0.4, -0.2) is 49.6 Å². The highest BCUT2D eigenvalue weighted by atomic mass is 35.5. The van der Waals surface area contributed by atoms with Crippen LogP contribution in [0.1, 0.15) is 47.6 Å². The SMILES string of the molecule is COc1ccc(CNC(=O)C(c2ccccc2)N(Cc2ccc(Cl)cc2)C(=O)CCc2ccc(S(=O)(=O)N3CCCC3)cc2)cc1. The fourth-order valence-corrected chi connectivity index (χ4v) is 7.19. The number of methoxy groups -OCH3 is 1. The van der Waals surface area contributed by atoms with E-state index >= 15 is 0 Å². The number of hydrogen-bond donors (Lipinski definition) is 1. The second-order valence-corrected chi connectivity index (χ2v) is 13.7. The number of rotatable bonds is 13. The molecule has 4 aromatic rings. The van der Waals surface area contributed by atoms with Gasteiger partial charge in [-0.3, -0.25) is 9.59 Å². The number of hydrogen-bond acceptors (Lipinski definition) is 5. The average Bonchev–Trinajstić information content (AvgIpc) is 3.64. The van der Waals surface area contributed by atoms with Gasteiger partial charge in [0.1, 0.15) is 11.8 Å². The van der Waals surface area contributed by atoms with Crippen LogP contribution in [0.5, 0.6) is 5.75 Å². The Morgan fingerprint density at radius 2 is 1.46 bits per heavy atom. The van der Waals surface area contributed by atoms with Gasteiger partial charge in [-0.1, -0.05) is 78.3 Å². The topological polar surface area (TPSA) is 96.0 Å². The molecule has 1 fully saturated rings. The fraction of sp³-hybridized carbons (Fsp3) is 0.278. The number of nitrogens with one attached hydrogen (secondary N) is 1. The third kappa shape index (κ3) is 8.34. The molecule has 1 saturated heterocycles. The summed E-state index contributed by atoms with van der Waals surface area (Å²) in [6, 6.07) is 29.8. The minimum Gasteiger partial charge on any atom is -0.497 e. The van der Waals surface area contributed by atoms with Crippen molar-refractivity contribution in [2.45, 2.75) is 49.7 Å². The summed E-state index contributed by atoms with van der Waals surface area (Å²) in [5, 5.41) is 3.60. The summed E-state index contributed by atoms with van der Waals surface area (Å²) in [6.45, 7) is 1.55. The summed E-state index contributed by atoms with van der Waals surface area (Å²) < 4.78 is 32.7. The lowest BCUT2D eigenvalue weighted by molar-refractivity contribution is -0.141. The van der Waals surface area contributed by atoms with Crippen LogP contribution in [0, 0.1) is 0 Å². The Hall–Kier alpha value is -4.18. The van der Waals surface area contributed by atoms with Gasteiger partial charge in [-0.15, -0.1) is 0 Å². The van der Waals surface area contributed by atoms with Crippen LogP contribution in [0.25, 0.3) is 0 Å². The molecule has 1 heterocycles. The first kappa shape index (κ1) is 33.2. The number of sulfonamides is 1. The molecule has 240 valence electrons. The first-order valence-electron chi connectivity index (χ1n) is 15.3. The zero-order chi connectivity index (χ0) is 32.5. The Kier molecular flexibility index (Phi) is 11.1. The highest BCUT2D eigenvalue weighted by Crippen LogP contribution is 2.27. The molecule has 0 spiro atoms. The third-order valence-corrected chi connectivity index (χ3v) is 10.3. The lowest BCUT2D eigenvalue weighted by Gasteiger charge is -2.32. The maximum absolute atomic E-state index is 14.1. The van der Waals surface area contributed by atoms with Gasteiger partial charge in [-0.05, 0) is 77.9 Å². The van der Waals surface area contributed by atoms with Gasteiger partial charge in [-0.2, -0.15) is 4.31 Å². The molecule has 4 aromatic carbocycles. The van der Waals surface area contributed by atoms with Crippen molar-refractivity contribution in [2.24, 2.45) is 0 Å². The molecule has 1 N–H and O–H groups in total. The predicted octanol–water partition coefficient (Wildman–Crippen LogP) is 6.15. The number of amides is 2. The van der Waals surface area contributed by atoms with Gasteiger partial charge in [0.2, 0.25) is 21.8 Å². The molecular weight excluding hydrogens is 622 g/mol. The van der Waals surface area contributed by atoms with Crippen molar-refractivity contribution in [3.05, 3.63) is 130 Å². The van der Waals surface area contributed by atoms with Gasteiger partial charge < -0.3 is 15.0 Å². The Morgan fingerprint density at radius 3 is 2.09 bits per heavy atom. The molecule has 0 bridgehead atoms. The molecule has 1 aliphatic rings. The van der Waals surface area contributed by atoms with Crippen molar-refractivity contribution < 1.29 is 22.7 Å². The van der Waals surface area contributed by atoms with E-state index in [1.54, 1.807) is 48.4 Å². The minimum absolute atomic E-state index is 0.126. The summed E-state index contributed by atoms with van der Waals surface area (Å²) in [7, 11) is -1.92. The van der Waals surface area contributed by atoms with E-state index in [1.807, 2.05) is 66.7 Å². The maximum Gasteiger partial charge on any atom is 0.247 e. The van der Waals surface area contributed by atoms with Gasteiger partial charge in [0.15, 0.2) is 0 Å². The Bertz CT molecular complexity index is 1710. The van der Waals surface area contributed by atoms with E-state index in [-0.39, 0.29) is 36.2 Å². The van der Waals surface area contributed by atoms with Crippen molar-refractivity contribution in [3.63, 3.8) is 0 Å². The summed E-state index contributed by atoms with van der Waals surface area (Å²) >= 11 is 6.14. The molecule has 1 aliphatic heterocycles. The van der Waals surface area contributed by atoms with E-state index in [4.69, 9.17) is 16.3 Å². The summed E-state index contributed by atoms with van der Waals surface area (Å²) in [4.78, 5) is 29.9. The standard InChI is InChI=1S/C36H38ClN3O5S/c1-45-32-18-11-28(12-19-32)25-38-36(42)35(30-7-3-2-4-8-30)40(26-29-9-16-31(37)17-10-29)34(41)22-15-27-13-20-33(21-14-27)46(43,44)39-23-5-6-24-39/h2-4,7-14,16-21,35H,5-6,15,22-26H2,1H3,(H,38,42). The summed E-state index contributed by atoms with van der Waals surface area (Å²) in [6.07, 6.45) is 2.25. The van der Waals surface area contributed by atoms with E-state index in [0.717, 1.165) is 35.3 Å². The molecule has 0 radical (unpaired) electrons. The lowest BCUT2D eigenvalue weighted by atomic mass is 10.0. The second-order valence-electron chi connectivity index (χ2n) is 11.3. The van der Waals surface area contributed by atoms with Crippen molar-refractivity contribution in [1.29, 1.82) is 0 Å². The molecule has 46 heavy (non-hydrogen) atoms. The zero-order valence-electron chi connectivity index (χ0n) is 25.8. The minimum atomic E-state index is -3.52. The van der Waals surface area contributed by atoms with Crippen molar-refractivity contribution >= 4 is 33.4 Å². The molecule has 2 amide bonds. The van der Waals surface area contributed by atoms with Crippen LogP contribution < -0.4 is 10.1 Å². The van der Waals surface area contributed by atoms with E-state index < -0.39 is 16.1 Å².